The van der Waals surface area contributed by atoms with E-state index in [1.807, 2.05) is 0 Å². The van der Waals surface area contributed by atoms with E-state index in [2.05, 4.69) is 19.1 Å². The van der Waals surface area contributed by atoms with Crippen LogP contribution in [0.1, 0.15) is 155 Å². The van der Waals surface area contributed by atoms with Crippen molar-refractivity contribution in [3.05, 3.63) is 12.2 Å². The van der Waals surface area contributed by atoms with Crippen molar-refractivity contribution in [2.75, 3.05) is 0 Å². The molecule has 2 nitrogen and oxygen atoms in total. The van der Waals surface area contributed by atoms with E-state index in [9.17, 15) is 4.79 Å². The van der Waals surface area contributed by atoms with Crippen LogP contribution in [0.2, 0.25) is 0 Å². The van der Waals surface area contributed by atoms with E-state index in [-0.39, 0.29) is 0 Å². The minimum atomic E-state index is -0.653. The second kappa shape index (κ2) is 25.2. The Labute approximate surface area is 182 Å². The number of hydrogen-bond donors (Lipinski definition) is 1. The van der Waals surface area contributed by atoms with E-state index in [4.69, 9.17) is 5.11 Å². The Kier molecular flexibility index (Phi) is 24.6. The molecule has 0 spiro atoms. The van der Waals surface area contributed by atoms with Gasteiger partial charge in [0.2, 0.25) is 0 Å². The molecule has 0 aromatic heterocycles. The number of aliphatic carboxylic acids is 1. The lowest BCUT2D eigenvalue weighted by molar-refractivity contribution is -0.137. The van der Waals surface area contributed by atoms with Crippen molar-refractivity contribution >= 4 is 5.97 Å². The zero-order valence-corrected chi connectivity index (χ0v) is 19.8. The average molecular weight is 409 g/mol. The fraction of sp³-hybridized carbons (Fsp3) is 0.889. The van der Waals surface area contributed by atoms with Crippen LogP contribution in [0, 0.1) is 0 Å². The standard InChI is InChI=1S/C27H52O2/c1-2-3-4-5-6-7-8-9-10-11-12-13-14-15-16-17-18-19-20-21-22-23-24-25-26-27(28)29/h11-12H,2-10,13-26H2,1H3,(H,28,29). The first kappa shape index (κ1) is 28.2. The van der Waals surface area contributed by atoms with Gasteiger partial charge in [-0.3, -0.25) is 4.79 Å². The average Bonchev–Trinajstić information content (AvgIpc) is 2.71. The summed E-state index contributed by atoms with van der Waals surface area (Å²) >= 11 is 0. The third-order valence-electron chi connectivity index (χ3n) is 5.90. The molecule has 0 fully saturated rings. The fourth-order valence-electron chi connectivity index (χ4n) is 3.94. The number of hydrogen-bond acceptors (Lipinski definition) is 1. The molecule has 0 aromatic carbocycles. The van der Waals surface area contributed by atoms with Crippen LogP contribution in [-0.4, -0.2) is 11.1 Å². The summed E-state index contributed by atoms with van der Waals surface area (Å²) in [5.74, 6) is -0.653. The molecule has 0 aliphatic rings. The van der Waals surface area contributed by atoms with Crippen molar-refractivity contribution in [1.82, 2.24) is 0 Å². The lowest BCUT2D eigenvalue weighted by atomic mass is 10.0. The van der Waals surface area contributed by atoms with E-state index in [0.29, 0.717) is 6.42 Å². The van der Waals surface area contributed by atoms with E-state index < -0.39 is 5.97 Å². The summed E-state index contributed by atoms with van der Waals surface area (Å²) in [5.41, 5.74) is 0. The van der Waals surface area contributed by atoms with Crippen LogP contribution in [0.3, 0.4) is 0 Å². The predicted octanol–water partition coefficient (Wildman–Crippen LogP) is 9.62. The second-order valence-corrected chi connectivity index (χ2v) is 8.91. The Hall–Kier alpha value is -0.790. The molecule has 0 aliphatic carbocycles. The summed E-state index contributed by atoms with van der Waals surface area (Å²) in [4.78, 5) is 10.4. The van der Waals surface area contributed by atoms with Gasteiger partial charge < -0.3 is 5.11 Å². The molecule has 0 atom stereocenters. The molecule has 0 aromatic rings. The van der Waals surface area contributed by atoms with Gasteiger partial charge in [0.05, 0.1) is 0 Å². The summed E-state index contributed by atoms with van der Waals surface area (Å²) in [7, 11) is 0. The molecule has 0 unspecified atom stereocenters. The summed E-state index contributed by atoms with van der Waals surface area (Å²) in [6, 6.07) is 0. The second-order valence-electron chi connectivity index (χ2n) is 8.91. The quantitative estimate of drug-likeness (QED) is 0.127. The Morgan fingerprint density at radius 2 is 0.828 bits per heavy atom. The number of rotatable bonds is 24. The Balaban J connectivity index is 3.07. The molecule has 0 saturated carbocycles. The highest BCUT2D eigenvalue weighted by atomic mass is 16.4. The highest BCUT2D eigenvalue weighted by Gasteiger charge is 1.97. The minimum absolute atomic E-state index is 0.342. The molecular formula is C27H52O2. The first-order valence-electron chi connectivity index (χ1n) is 13.1. The van der Waals surface area contributed by atoms with E-state index in [1.54, 1.807) is 0 Å². The Morgan fingerprint density at radius 3 is 1.17 bits per heavy atom. The first-order chi connectivity index (χ1) is 14.3. The minimum Gasteiger partial charge on any atom is -0.481 e. The molecule has 0 amide bonds. The SMILES string of the molecule is CCCCCCCCCCC=CCCCCCCCCCCCCCCC(=O)O. The van der Waals surface area contributed by atoms with Crippen LogP contribution < -0.4 is 0 Å². The molecule has 0 radical (unpaired) electrons. The lowest BCUT2D eigenvalue weighted by Gasteiger charge is -2.02. The highest BCUT2D eigenvalue weighted by Crippen LogP contribution is 2.13. The molecule has 0 bridgehead atoms. The van der Waals surface area contributed by atoms with Gasteiger partial charge in [0.15, 0.2) is 0 Å². The van der Waals surface area contributed by atoms with Crippen LogP contribution >= 0.6 is 0 Å². The van der Waals surface area contributed by atoms with Gasteiger partial charge in [-0.25, -0.2) is 0 Å². The van der Waals surface area contributed by atoms with Gasteiger partial charge in [-0.05, 0) is 32.1 Å². The Morgan fingerprint density at radius 1 is 0.517 bits per heavy atom. The van der Waals surface area contributed by atoms with Crippen molar-refractivity contribution in [2.45, 2.75) is 155 Å². The highest BCUT2D eigenvalue weighted by molar-refractivity contribution is 5.66. The van der Waals surface area contributed by atoms with Gasteiger partial charge in [-0.2, -0.15) is 0 Å². The largest absolute Gasteiger partial charge is 0.481 e. The van der Waals surface area contributed by atoms with Gasteiger partial charge in [-0.15, -0.1) is 0 Å². The molecule has 0 saturated heterocycles. The van der Waals surface area contributed by atoms with Crippen molar-refractivity contribution in [2.24, 2.45) is 0 Å². The summed E-state index contributed by atoms with van der Waals surface area (Å²) in [5, 5.41) is 8.59. The summed E-state index contributed by atoms with van der Waals surface area (Å²) in [6.45, 7) is 2.28. The zero-order chi connectivity index (χ0) is 21.3. The van der Waals surface area contributed by atoms with Gasteiger partial charge in [0.25, 0.3) is 0 Å². The number of allylic oxidation sites excluding steroid dienone is 2. The number of carboxylic acid groups (broad SMARTS) is 1. The van der Waals surface area contributed by atoms with Crippen molar-refractivity contribution in [3.63, 3.8) is 0 Å². The molecular weight excluding hydrogens is 356 g/mol. The van der Waals surface area contributed by atoms with Crippen molar-refractivity contribution < 1.29 is 9.90 Å². The monoisotopic (exact) mass is 408 g/mol. The summed E-state index contributed by atoms with van der Waals surface area (Å²) in [6.07, 6.45) is 34.5. The smallest absolute Gasteiger partial charge is 0.303 e. The van der Waals surface area contributed by atoms with Crippen molar-refractivity contribution in [3.8, 4) is 0 Å². The van der Waals surface area contributed by atoms with E-state index >= 15 is 0 Å². The van der Waals surface area contributed by atoms with E-state index in [0.717, 1.165) is 12.8 Å². The van der Waals surface area contributed by atoms with Crippen molar-refractivity contribution in [1.29, 1.82) is 0 Å². The molecule has 0 heterocycles. The lowest BCUT2D eigenvalue weighted by Crippen LogP contribution is -1.93. The topological polar surface area (TPSA) is 37.3 Å². The van der Waals surface area contributed by atoms with Gasteiger partial charge in [-0.1, -0.05) is 128 Å². The van der Waals surface area contributed by atoms with Crippen LogP contribution in [0.25, 0.3) is 0 Å². The maximum Gasteiger partial charge on any atom is 0.303 e. The normalized spacial score (nSPS) is 11.5. The maximum atomic E-state index is 10.4. The maximum absolute atomic E-state index is 10.4. The van der Waals surface area contributed by atoms with Gasteiger partial charge >= 0.3 is 5.97 Å². The predicted molar refractivity (Wildman–Crippen MR) is 129 cm³/mol. The number of unbranched alkanes of at least 4 members (excludes halogenated alkanes) is 20. The van der Waals surface area contributed by atoms with Crippen LogP contribution in [0.4, 0.5) is 0 Å². The first-order valence-corrected chi connectivity index (χ1v) is 13.1. The Bertz CT molecular complexity index is 348. The molecule has 0 rings (SSSR count). The van der Waals surface area contributed by atoms with Crippen LogP contribution in [0.5, 0.6) is 0 Å². The van der Waals surface area contributed by atoms with Crippen LogP contribution in [0.15, 0.2) is 12.2 Å². The number of carbonyl (C=O) groups is 1. The third kappa shape index (κ3) is 27.2. The molecule has 29 heavy (non-hydrogen) atoms. The molecule has 1 N–H and O–H groups in total. The van der Waals surface area contributed by atoms with E-state index in [1.165, 1.54) is 128 Å². The van der Waals surface area contributed by atoms with Gasteiger partial charge in [0, 0.05) is 6.42 Å². The summed E-state index contributed by atoms with van der Waals surface area (Å²) < 4.78 is 0. The fourth-order valence-corrected chi connectivity index (χ4v) is 3.94. The molecule has 172 valence electrons. The number of carboxylic acids is 1. The third-order valence-corrected chi connectivity index (χ3v) is 5.90. The molecule has 0 aliphatic heterocycles. The zero-order valence-electron chi connectivity index (χ0n) is 19.8. The van der Waals surface area contributed by atoms with Crippen LogP contribution in [-0.2, 0) is 4.79 Å². The molecule has 2 heteroatoms. The van der Waals surface area contributed by atoms with Gasteiger partial charge in [0.1, 0.15) is 0 Å².